The molecule has 1 aliphatic carbocycles. The summed E-state index contributed by atoms with van der Waals surface area (Å²) in [5.41, 5.74) is 4.19. The molecule has 1 unspecified atom stereocenters. The van der Waals surface area contributed by atoms with Crippen molar-refractivity contribution in [2.75, 3.05) is 19.7 Å². The summed E-state index contributed by atoms with van der Waals surface area (Å²) < 4.78 is 22.3. The van der Waals surface area contributed by atoms with Crippen molar-refractivity contribution in [1.29, 1.82) is 0 Å². The first kappa shape index (κ1) is 28.3. The van der Waals surface area contributed by atoms with E-state index in [2.05, 4.69) is 34.5 Å². The Morgan fingerprint density at radius 3 is 2.72 bits per heavy atom. The van der Waals surface area contributed by atoms with Crippen molar-refractivity contribution >= 4 is 40.7 Å². The molecule has 3 aliphatic rings. The van der Waals surface area contributed by atoms with Gasteiger partial charge in [-0.05, 0) is 119 Å². The SMILES string of the molecule is O=C(NC1CC1)c1cc(F)ccc1Sc1ccc2c(/C=C/c3cccc(CN4CCCC4)n3)nn(C3CCCCO3)c2c1. The van der Waals surface area contributed by atoms with Crippen LogP contribution in [-0.4, -0.2) is 51.3 Å². The molecule has 1 atom stereocenters. The molecular weight excluding hydrogens is 561 g/mol. The highest BCUT2D eigenvalue weighted by atomic mass is 32.2. The van der Waals surface area contributed by atoms with E-state index in [4.69, 9.17) is 14.8 Å². The minimum Gasteiger partial charge on any atom is -0.356 e. The monoisotopic (exact) mass is 597 g/mol. The van der Waals surface area contributed by atoms with Gasteiger partial charge in [-0.1, -0.05) is 17.8 Å². The quantitative estimate of drug-likeness (QED) is 0.222. The lowest BCUT2D eigenvalue weighted by Crippen LogP contribution is -2.26. The van der Waals surface area contributed by atoms with E-state index in [0.717, 1.165) is 89.5 Å². The molecular formula is C34H36FN5O2S. The van der Waals surface area contributed by atoms with Crippen LogP contribution < -0.4 is 5.32 Å². The molecule has 2 aromatic heterocycles. The first-order chi connectivity index (χ1) is 21.1. The third-order valence-corrected chi connectivity index (χ3v) is 9.35. The maximum absolute atomic E-state index is 14.1. The number of pyridine rings is 1. The van der Waals surface area contributed by atoms with Crippen LogP contribution in [0.15, 0.2) is 64.4 Å². The second-order valence-corrected chi connectivity index (χ2v) is 12.8. The van der Waals surface area contributed by atoms with Crippen molar-refractivity contribution in [2.24, 2.45) is 0 Å². The second kappa shape index (κ2) is 12.6. The lowest BCUT2D eigenvalue weighted by atomic mass is 10.1. The summed E-state index contributed by atoms with van der Waals surface area (Å²) in [6.45, 7) is 3.89. The van der Waals surface area contributed by atoms with Crippen molar-refractivity contribution in [2.45, 2.75) is 73.6 Å². The molecule has 2 aliphatic heterocycles. The maximum Gasteiger partial charge on any atom is 0.252 e. The molecule has 1 N–H and O–H groups in total. The van der Waals surface area contributed by atoms with Gasteiger partial charge in [0.2, 0.25) is 0 Å². The van der Waals surface area contributed by atoms with Crippen LogP contribution in [0.2, 0.25) is 0 Å². The predicted molar refractivity (Wildman–Crippen MR) is 167 cm³/mol. The zero-order valence-corrected chi connectivity index (χ0v) is 25.0. The zero-order chi connectivity index (χ0) is 29.2. The van der Waals surface area contributed by atoms with E-state index in [1.807, 2.05) is 29.0 Å². The van der Waals surface area contributed by atoms with Gasteiger partial charge in [0.1, 0.15) is 5.82 Å². The summed E-state index contributed by atoms with van der Waals surface area (Å²) in [6.07, 6.45) is 11.5. The van der Waals surface area contributed by atoms with Crippen LogP contribution in [0, 0.1) is 5.82 Å². The van der Waals surface area contributed by atoms with Crippen molar-refractivity contribution in [3.05, 3.63) is 83.1 Å². The average Bonchev–Trinajstić information content (AvgIpc) is 3.55. The van der Waals surface area contributed by atoms with Crippen molar-refractivity contribution in [3.8, 4) is 0 Å². The Hall–Kier alpha value is -3.53. The molecule has 9 heteroatoms. The number of ether oxygens (including phenoxy) is 1. The smallest absolute Gasteiger partial charge is 0.252 e. The third kappa shape index (κ3) is 6.69. The maximum atomic E-state index is 14.1. The summed E-state index contributed by atoms with van der Waals surface area (Å²) >= 11 is 1.46. The van der Waals surface area contributed by atoms with Gasteiger partial charge in [0.25, 0.3) is 5.91 Å². The van der Waals surface area contributed by atoms with Gasteiger partial charge in [0, 0.05) is 34.4 Å². The van der Waals surface area contributed by atoms with Gasteiger partial charge >= 0.3 is 0 Å². The first-order valence-corrected chi connectivity index (χ1v) is 16.2. The fraction of sp³-hybridized carbons (Fsp3) is 0.382. The number of nitrogens with zero attached hydrogens (tertiary/aromatic N) is 4. The molecule has 1 saturated carbocycles. The molecule has 7 nitrogen and oxygen atoms in total. The first-order valence-electron chi connectivity index (χ1n) is 15.4. The van der Waals surface area contributed by atoms with Crippen LogP contribution in [0.3, 0.4) is 0 Å². The van der Waals surface area contributed by atoms with Gasteiger partial charge in [-0.25, -0.2) is 9.07 Å². The molecule has 7 rings (SSSR count). The number of carbonyl (C=O) groups excluding carboxylic acids is 1. The van der Waals surface area contributed by atoms with Gasteiger partial charge < -0.3 is 10.1 Å². The van der Waals surface area contributed by atoms with E-state index in [1.54, 1.807) is 6.07 Å². The highest BCUT2D eigenvalue weighted by Gasteiger charge is 2.26. The molecule has 1 amide bonds. The molecule has 2 aromatic carbocycles. The van der Waals surface area contributed by atoms with E-state index < -0.39 is 5.82 Å². The van der Waals surface area contributed by atoms with Crippen LogP contribution >= 0.6 is 11.8 Å². The molecule has 3 fully saturated rings. The fourth-order valence-electron chi connectivity index (χ4n) is 5.86. The molecule has 4 aromatic rings. The number of carbonyl (C=O) groups is 1. The Kier molecular flexibility index (Phi) is 8.28. The van der Waals surface area contributed by atoms with Gasteiger partial charge in [0.15, 0.2) is 6.23 Å². The van der Waals surface area contributed by atoms with E-state index in [0.29, 0.717) is 12.2 Å². The number of likely N-dealkylation sites (tertiary alicyclic amines) is 1. The largest absolute Gasteiger partial charge is 0.356 e. The van der Waals surface area contributed by atoms with Crippen molar-refractivity contribution < 1.29 is 13.9 Å². The topological polar surface area (TPSA) is 72.3 Å². The van der Waals surface area contributed by atoms with Gasteiger partial charge in [-0.15, -0.1) is 0 Å². The summed E-state index contributed by atoms with van der Waals surface area (Å²) in [4.78, 5) is 21.9. The molecule has 2 saturated heterocycles. The fourth-order valence-corrected chi connectivity index (χ4v) is 6.82. The molecule has 0 bridgehead atoms. The second-order valence-electron chi connectivity index (χ2n) is 11.7. The number of fused-ring (bicyclic) bond motifs is 1. The van der Waals surface area contributed by atoms with Crippen LogP contribution in [0.25, 0.3) is 23.1 Å². The number of halogens is 1. The molecule has 0 radical (unpaired) electrons. The summed E-state index contributed by atoms with van der Waals surface area (Å²) in [7, 11) is 0. The van der Waals surface area contributed by atoms with Crippen molar-refractivity contribution in [1.82, 2.24) is 25.0 Å². The van der Waals surface area contributed by atoms with Crippen LogP contribution in [-0.2, 0) is 11.3 Å². The number of benzene rings is 2. The Bertz CT molecular complexity index is 1650. The van der Waals surface area contributed by atoms with E-state index in [1.165, 1.54) is 36.7 Å². The van der Waals surface area contributed by atoms with Crippen molar-refractivity contribution in [3.63, 3.8) is 0 Å². The lowest BCUT2D eigenvalue weighted by Gasteiger charge is -2.23. The van der Waals surface area contributed by atoms with Gasteiger partial charge in [-0.2, -0.15) is 5.10 Å². The molecule has 0 spiro atoms. The summed E-state index contributed by atoms with van der Waals surface area (Å²) in [6, 6.07) is 17.0. The number of hydrogen-bond donors (Lipinski definition) is 1. The van der Waals surface area contributed by atoms with Gasteiger partial charge in [0.05, 0.1) is 28.2 Å². The van der Waals surface area contributed by atoms with Crippen LogP contribution in [0.4, 0.5) is 4.39 Å². The number of nitrogens with one attached hydrogen (secondary N) is 1. The zero-order valence-electron chi connectivity index (χ0n) is 24.2. The Morgan fingerprint density at radius 1 is 1.02 bits per heavy atom. The highest BCUT2D eigenvalue weighted by Crippen LogP contribution is 2.36. The Morgan fingerprint density at radius 2 is 1.91 bits per heavy atom. The normalized spacial score (nSPS) is 19.4. The predicted octanol–water partition coefficient (Wildman–Crippen LogP) is 7.08. The molecule has 43 heavy (non-hydrogen) atoms. The molecule has 4 heterocycles. The third-order valence-electron chi connectivity index (χ3n) is 8.29. The standard InChI is InChI=1S/C34H36FN5O2S/c35-23-9-16-32(29(20-23)34(41)37-25-10-11-25)43-27-13-14-28-30(38-40(31(28)21-27)33-8-1-4-19-42-33)15-12-24-6-5-7-26(36-24)22-39-17-2-3-18-39/h5-7,9,12-16,20-21,25,33H,1-4,8,10-11,17-19,22H2,(H,37,41)/b15-12+. The number of rotatable bonds is 9. The van der Waals surface area contributed by atoms with Gasteiger partial charge in [-0.3, -0.25) is 14.7 Å². The van der Waals surface area contributed by atoms with E-state index >= 15 is 0 Å². The minimum atomic E-state index is -0.416. The highest BCUT2D eigenvalue weighted by molar-refractivity contribution is 7.99. The van der Waals surface area contributed by atoms with E-state index in [-0.39, 0.29) is 18.2 Å². The number of aromatic nitrogens is 3. The van der Waals surface area contributed by atoms with Crippen LogP contribution in [0.1, 0.15) is 78.6 Å². The number of hydrogen-bond acceptors (Lipinski definition) is 6. The Balaban J connectivity index is 1.19. The number of amides is 1. The van der Waals surface area contributed by atoms with E-state index in [9.17, 15) is 9.18 Å². The lowest BCUT2D eigenvalue weighted by molar-refractivity contribution is -0.0367. The average molecular weight is 598 g/mol. The minimum absolute atomic E-state index is 0.133. The summed E-state index contributed by atoms with van der Waals surface area (Å²) in [5, 5.41) is 9.04. The molecule has 222 valence electrons. The summed E-state index contributed by atoms with van der Waals surface area (Å²) in [5.74, 6) is -0.641. The Labute approximate surface area is 255 Å². The van der Waals surface area contributed by atoms with Crippen LogP contribution in [0.5, 0.6) is 0 Å².